The minimum Gasteiger partial charge on any atom is -0.324 e. The summed E-state index contributed by atoms with van der Waals surface area (Å²) in [7, 11) is 0. The van der Waals surface area contributed by atoms with Gasteiger partial charge in [0.1, 0.15) is 0 Å². The fourth-order valence-electron chi connectivity index (χ4n) is 1.97. The van der Waals surface area contributed by atoms with Gasteiger partial charge in [0, 0.05) is 6.04 Å². The summed E-state index contributed by atoms with van der Waals surface area (Å²) in [5, 5.41) is 2.57. The summed E-state index contributed by atoms with van der Waals surface area (Å²) < 4.78 is 0. The van der Waals surface area contributed by atoms with Gasteiger partial charge in [0.05, 0.1) is 0 Å². The number of nitrogens with two attached hydrogens (primary N) is 1. The Labute approximate surface area is 101 Å². The molecule has 84 valence electrons. The van der Waals surface area contributed by atoms with Gasteiger partial charge in [-0.25, -0.2) is 0 Å². The molecule has 2 aromatic carbocycles. The average Bonchev–Trinajstić information content (AvgIpc) is 2.35. The Morgan fingerprint density at radius 3 is 2.69 bits per heavy atom. The summed E-state index contributed by atoms with van der Waals surface area (Å²) >= 11 is 1.85. The van der Waals surface area contributed by atoms with Gasteiger partial charge in [0.25, 0.3) is 0 Å². The van der Waals surface area contributed by atoms with Crippen LogP contribution in [0.5, 0.6) is 0 Å². The first-order chi connectivity index (χ1) is 7.83. The van der Waals surface area contributed by atoms with Crippen LogP contribution in [0.4, 0.5) is 0 Å². The maximum atomic E-state index is 6.23. The van der Waals surface area contributed by atoms with Crippen molar-refractivity contribution < 1.29 is 0 Å². The zero-order chi connectivity index (χ0) is 11.4. The molecule has 1 nitrogen and oxygen atoms in total. The van der Waals surface area contributed by atoms with Crippen LogP contribution in [-0.2, 0) is 0 Å². The Morgan fingerprint density at radius 2 is 1.88 bits per heavy atom. The van der Waals surface area contributed by atoms with Gasteiger partial charge >= 0.3 is 0 Å². The molecule has 16 heavy (non-hydrogen) atoms. The molecule has 0 saturated heterocycles. The van der Waals surface area contributed by atoms with Crippen LogP contribution in [0.25, 0.3) is 10.8 Å². The van der Waals surface area contributed by atoms with Crippen molar-refractivity contribution in [3.8, 4) is 0 Å². The summed E-state index contributed by atoms with van der Waals surface area (Å²) in [4.78, 5) is 0. The maximum absolute atomic E-state index is 6.23. The SMILES string of the molecule is CSCCC(N)c1cccc2ccccc12. The quantitative estimate of drug-likeness (QED) is 0.870. The minimum atomic E-state index is 0.151. The van der Waals surface area contributed by atoms with Gasteiger partial charge in [-0.15, -0.1) is 0 Å². The highest BCUT2D eigenvalue weighted by Gasteiger charge is 2.08. The third-order valence-corrected chi connectivity index (χ3v) is 3.50. The van der Waals surface area contributed by atoms with Crippen LogP contribution in [0, 0.1) is 0 Å². The first-order valence-electron chi connectivity index (χ1n) is 5.55. The maximum Gasteiger partial charge on any atom is 0.0308 e. The van der Waals surface area contributed by atoms with Crippen LogP contribution in [0.1, 0.15) is 18.0 Å². The van der Waals surface area contributed by atoms with E-state index in [1.165, 1.54) is 16.3 Å². The monoisotopic (exact) mass is 231 g/mol. The summed E-state index contributed by atoms with van der Waals surface area (Å²) in [5.74, 6) is 1.12. The molecule has 0 bridgehead atoms. The molecular weight excluding hydrogens is 214 g/mol. The number of hydrogen-bond donors (Lipinski definition) is 1. The Morgan fingerprint density at radius 1 is 1.12 bits per heavy atom. The van der Waals surface area contributed by atoms with Crippen LogP contribution in [0.2, 0.25) is 0 Å². The summed E-state index contributed by atoms with van der Waals surface area (Å²) in [6, 6.07) is 15.0. The van der Waals surface area contributed by atoms with Crippen molar-refractivity contribution in [3.05, 3.63) is 48.0 Å². The van der Waals surface area contributed by atoms with Crippen molar-refractivity contribution in [2.24, 2.45) is 5.73 Å². The number of fused-ring (bicyclic) bond motifs is 1. The van der Waals surface area contributed by atoms with E-state index in [0.717, 1.165) is 12.2 Å². The molecule has 2 heteroatoms. The molecule has 0 aliphatic heterocycles. The highest BCUT2D eigenvalue weighted by atomic mass is 32.2. The molecule has 2 aromatic rings. The van der Waals surface area contributed by atoms with Gasteiger partial charge in [-0.3, -0.25) is 0 Å². The lowest BCUT2D eigenvalue weighted by molar-refractivity contribution is 0.711. The van der Waals surface area contributed by atoms with Crippen LogP contribution in [0.15, 0.2) is 42.5 Å². The van der Waals surface area contributed by atoms with Crippen molar-refractivity contribution in [3.63, 3.8) is 0 Å². The molecule has 0 aromatic heterocycles. The lowest BCUT2D eigenvalue weighted by Crippen LogP contribution is -2.11. The van der Waals surface area contributed by atoms with Crippen molar-refractivity contribution in [2.75, 3.05) is 12.0 Å². The Balaban J connectivity index is 2.36. The molecule has 0 fully saturated rings. The number of benzene rings is 2. The highest BCUT2D eigenvalue weighted by molar-refractivity contribution is 7.98. The van der Waals surface area contributed by atoms with Crippen molar-refractivity contribution in [1.29, 1.82) is 0 Å². The molecule has 0 aliphatic carbocycles. The number of rotatable bonds is 4. The second kappa shape index (κ2) is 5.37. The zero-order valence-electron chi connectivity index (χ0n) is 9.52. The minimum absolute atomic E-state index is 0.151. The van der Waals surface area contributed by atoms with E-state index < -0.39 is 0 Å². The van der Waals surface area contributed by atoms with Gasteiger partial charge in [0.2, 0.25) is 0 Å². The molecule has 0 amide bonds. The van der Waals surface area contributed by atoms with E-state index in [9.17, 15) is 0 Å². The largest absolute Gasteiger partial charge is 0.324 e. The molecule has 0 radical (unpaired) electrons. The van der Waals surface area contributed by atoms with Crippen molar-refractivity contribution >= 4 is 22.5 Å². The molecule has 2 rings (SSSR count). The van der Waals surface area contributed by atoms with E-state index in [4.69, 9.17) is 5.73 Å². The molecular formula is C14H17NS. The Bertz CT molecular complexity index is 462. The molecule has 0 aliphatic rings. The van der Waals surface area contributed by atoms with E-state index in [-0.39, 0.29) is 6.04 Å². The van der Waals surface area contributed by atoms with E-state index in [2.05, 4.69) is 48.7 Å². The first kappa shape index (κ1) is 11.5. The van der Waals surface area contributed by atoms with Crippen LogP contribution in [-0.4, -0.2) is 12.0 Å². The van der Waals surface area contributed by atoms with E-state index in [1.807, 2.05) is 11.8 Å². The summed E-state index contributed by atoms with van der Waals surface area (Å²) in [6.07, 6.45) is 3.16. The fraction of sp³-hybridized carbons (Fsp3) is 0.286. The average molecular weight is 231 g/mol. The van der Waals surface area contributed by atoms with E-state index >= 15 is 0 Å². The summed E-state index contributed by atoms with van der Waals surface area (Å²) in [6.45, 7) is 0. The Hall–Kier alpha value is -0.990. The van der Waals surface area contributed by atoms with Crippen LogP contribution >= 0.6 is 11.8 Å². The normalized spacial score (nSPS) is 12.9. The van der Waals surface area contributed by atoms with E-state index in [0.29, 0.717) is 0 Å². The number of hydrogen-bond acceptors (Lipinski definition) is 2. The molecule has 1 unspecified atom stereocenters. The molecule has 0 spiro atoms. The molecule has 0 heterocycles. The third-order valence-electron chi connectivity index (χ3n) is 2.86. The third kappa shape index (κ3) is 2.39. The lowest BCUT2D eigenvalue weighted by Gasteiger charge is -2.14. The van der Waals surface area contributed by atoms with Crippen LogP contribution < -0.4 is 5.73 Å². The topological polar surface area (TPSA) is 26.0 Å². The number of thioether (sulfide) groups is 1. The van der Waals surface area contributed by atoms with Gasteiger partial charge < -0.3 is 5.73 Å². The van der Waals surface area contributed by atoms with Gasteiger partial charge in [0.15, 0.2) is 0 Å². The molecule has 2 N–H and O–H groups in total. The lowest BCUT2D eigenvalue weighted by atomic mass is 9.98. The van der Waals surface area contributed by atoms with Crippen LogP contribution in [0.3, 0.4) is 0 Å². The van der Waals surface area contributed by atoms with E-state index in [1.54, 1.807) is 0 Å². The zero-order valence-corrected chi connectivity index (χ0v) is 10.3. The molecule has 0 saturated carbocycles. The van der Waals surface area contributed by atoms with Gasteiger partial charge in [-0.2, -0.15) is 11.8 Å². The predicted molar refractivity (Wildman–Crippen MR) is 73.9 cm³/mol. The second-order valence-corrected chi connectivity index (χ2v) is 4.94. The smallest absolute Gasteiger partial charge is 0.0308 e. The standard InChI is InChI=1S/C14H17NS/c1-16-10-9-14(15)13-8-4-6-11-5-2-3-7-12(11)13/h2-8,14H,9-10,15H2,1H3. The predicted octanol–water partition coefficient (Wildman–Crippen LogP) is 3.59. The highest BCUT2D eigenvalue weighted by Crippen LogP contribution is 2.25. The molecule has 1 atom stereocenters. The second-order valence-electron chi connectivity index (χ2n) is 3.96. The Kier molecular flexibility index (Phi) is 3.86. The van der Waals surface area contributed by atoms with Gasteiger partial charge in [-0.05, 0) is 34.8 Å². The van der Waals surface area contributed by atoms with Gasteiger partial charge in [-0.1, -0.05) is 42.5 Å². The fourth-order valence-corrected chi connectivity index (χ4v) is 2.46. The van der Waals surface area contributed by atoms with Crippen molar-refractivity contribution in [1.82, 2.24) is 0 Å². The van der Waals surface area contributed by atoms with Crippen molar-refractivity contribution in [2.45, 2.75) is 12.5 Å². The summed E-state index contributed by atoms with van der Waals surface area (Å²) in [5.41, 5.74) is 7.50. The first-order valence-corrected chi connectivity index (χ1v) is 6.94.